The number of halogens is 1. The topological polar surface area (TPSA) is 97.8 Å². The van der Waals surface area contributed by atoms with E-state index in [1.54, 1.807) is 0 Å². The van der Waals surface area contributed by atoms with E-state index in [4.69, 9.17) is 27.3 Å². The molecule has 0 aromatic carbocycles. The maximum atomic E-state index is 10.9. The number of carboxylic acids is 1. The maximum Gasteiger partial charge on any atom is 0.356 e. The number of hydrogen-bond acceptors (Lipinski definition) is 5. The smallest absolute Gasteiger partial charge is 0.356 e. The molecule has 1 aromatic heterocycles. The van der Waals surface area contributed by atoms with Crippen LogP contribution in [0.25, 0.3) is 0 Å². The molecule has 0 spiro atoms. The van der Waals surface area contributed by atoms with Crippen molar-refractivity contribution in [2.45, 2.75) is 19.4 Å². The Balaban J connectivity index is 2.40. The Kier molecular flexibility index (Phi) is 2.89. The molecule has 3 N–H and O–H groups in total. The van der Waals surface area contributed by atoms with Crippen molar-refractivity contribution in [3.8, 4) is 0 Å². The SMILES string of the molecule is CC1=NOC(c2cc(N)c(Cl)c(C(=O)O)n2)C1. The highest BCUT2D eigenvalue weighted by atomic mass is 35.5. The third-order valence-electron chi connectivity index (χ3n) is 2.35. The van der Waals surface area contributed by atoms with Crippen LogP contribution < -0.4 is 5.73 Å². The van der Waals surface area contributed by atoms with Crippen molar-refractivity contribution < 1.29 is 14.7 Å². The van der Waals surface area contributed by atoms with E-state index in [0.717, 1.165) is 5.71 Å². The number of oxime groups is 1. The van der Waals surface area contributed by atoms with Crippen LogP contribution in [-0.4, -0.2) is 21.8 Å². The fourth-order valence-electron chi connectivity index (χ4n) is 1.53. The first-order valence-electron chi connectivity index (χ1n) is 4.87. The van der Waals surface area contributed by atoms with E-state index in [2.05, 4.69) is 10.1 Å². The minimum Gasteiger partial charge on any atom is -0.476 e. The Labute approximate surface area is 102 Å². The summed E-state index contributed by atoms with van der Waals surface area (Å²) in [7, 11) is 0. The Morgan fingerprint density at radius 1 is 1.71 bits per heavy atom. The van der Waals surface area contributed by atoms with Gasteiger partial charge >= 0.3 is 5.97 Å². The number of aromatic carboxylic acids is 1. The number of pyridine rings is 1. The number of nitrogens with two attached hydrogens (primary N) is 1. The van der Waals surface area contributed by atoms with Crippen molar-refractivity contribution in [3.05, 3.63) is 22.5 Å². The average Bonchev–Trinajstić information content (AvgIpc) is 2.68. The van der Waals surface area contributed by atoms with Crippen molar-refractivity contribution in [1.29, 1.82) is 0 Å². The molecule has 2 heterocycles. The Morgan fingerprint density at radius 3 is 2.94 bits per heavy atom. The van der Waals surface area contributed by atoms with E-state index in [1.807, 2.05) is 6.92 Å². The molecule has 0 bridgehead atoms. The fourth-order valence-corrected chi connectivity index (χ4v) is 1.71. The number of anilines is 1. The van der Waals surface area contributed by atoms with Crippen molar-refractivity contribution in [1.82, 2.24) is 4.98 Å². The van der Waals surface area contributed by atoms with Crippen molar-refractivity contribution >= 4 is 29.0 Å². The molecule has 0 saturated carbocycles. The predicted octanol–water partition coefficient (Wildman–Crippen LogP) is 1.85. The van der Waals surface area contributed by atoms with Gasteiger partial charge in [0.15, 0.2) is 11.8 Å². The molecular weight excluding hydrogens is 246 g/mol. The van der Waals surface area contributed by atoms with Crippen molar-refractivity contribution in [2.75, 3.05) is 5.73 Å². The summed E-state index contributed by atoms with van der Waals surface area (Å²) in [6.45, 7) is 1.82. The quantitative estimate of drug-likeness (QED) is 0.840. The van der Waals surface area contributed by atoms with E-state index < -0.39 is 12.1 Å². The van der Waals surface area contributed by atoms with Gasteiger partial charge in [0.2, 0.25) is 0 Å². The van der Waals surface area contributed by atoms with Crippen LogP contribution in [0.1, 0.15) is 35.6 Å². The van der Waals surface area contributed by atoms with Crippen LogP contribution in [0.2, 0.25) is 5.02 Å². The summed E-state index contributed by atoms with van der Waals surface area (Å²) in [6.07, 6.45) is 0.167. The van der Waals surface area contributed by atoms with Crippen LogP contribution in [0.4, 0.5) is 5.69 Å². The van der Waals surface area contributed by atoms with Gasteiger partial charge in [-0.1, -0.05) is 16.8 Å². The number of rotatable bonds is 2. The Morgan fingerprint density at radius 2 is 2.41 bits per heavy atom. The van der Waals surface area contributed by atoms with Crippen LogP contribution in [0, 0.1) is 0 Å². The first-order chi connectivity index (χ1) is 7.99. The van der Waals surface area contributed by atoms with Gasteiger partial charge in [0.1, 0.15) is 0 Å². The van der Waals surface area contributed by atoms with Gasteiger partial charge in [-0.25, -0.2) is 9.78 Å². The van der Waals surface area contributed by atoms with E-state index in [9.17, 15) is 4.79 Å². The molecule has 17 heavy (non-hydrogen) atoms. The van der Waals surface area contributed by atoms with Gasteiger partial charge in [0.25, 0.3) is 0 Å². The number of carbonyl (C=O) groups is 1. The zero-order valence-electron chi connectivity index (χ0n) is 8.98. The van der Waals surface area contributed by atoms with Gasteiger partial charge < -0.3 is 15.7 Å². The lowest BCUT2D eigenvalue weighted by Gasteiger charge is -2.10. The van der Waals surface area contributed by atoms with Crippen LogP contribution in [-0.2, 0) is 4.84 Å². The molecule has 1 atom stereocenters. The molecule has 0 saturated heterocycles. The predicted molar refractivity (Wildman–Crippen MR) is 62.2 cm³/mol. The minimum absolute atomic E-state index is 0.0584. The maximum absolute atomic E-state index is 10.9. The van der Waals surface area contributed by atoms with Gasteiger partial charge in [-0.05, 0) is 13.0 Å². The lowest BCUT2D eigenvalue weighted by molar-refractivity contribution is 0.0683. The molecule has 6 nitrogen and oxygen atoms in total. The molecule has 1 aliphatic rings. The lowest BCUT2D eigenvalue weighted by atomic mass is 10.1. The van der Waals surface area contributed by atoms with Gasteiger partial charge in [0.05, 0.1) is 22.1 Å². The normalized spacial score (nSPS) is 18.7. The molecule has 0 fully saturated rings. The third-order valence-corrected chi connectivity index (χ3v) is 2.75. The highest BCUT2D eigenvalue weighted by Crippen LogP contribution is 2.30. The number of hydrogen-bond donors (Lipinski definition) is 2. The second-order valence-corrected chi connectivity index (χ2v) is 4.11. The summed E-state index contributed by atoms with van der Waals surface area (Å²) in [4.78, 5) is 20.0. The molecule has 2 rings (SSSR count). The molecule has 90 valence electrons. The van der Waals surface area contributed by atoms with Gasteiger partial charge in [-0.15, -0.1) is 0 Å². The Hall–Kier alpha value is -1.82. The molecule has 1 aliphatic heterocycles. The second kappa shape index (κ2) is 4.21. The number of nitrogen functional groups attached to an aromatic ring is 1. The highest BCUT2D eigenvalue weighted by Gasteiger charge is 2.25. The summed E-state index contributed by atoms with van der Waals surface area (Å²) in [5, 5.41) is 12.7. The highest BCUT2D eigenvalue weighted by molar-refractivity contribution is 6.35. The monoisotopic (exact) mass is 255 g/mol. The summed E-state index contributed by atoms with van der Waals surface area (Å²) >= 11 is 5.76. The van der Waals surface area contributed by atoms with Crippen molar-refractivity contribution in [3.63, 3.8) is 0 Å². The lowest BCUT2D eigenvalue weighted by Crippen LogP contribution is -2.10. The van der Waals surface area contributed by atoms with E-state index in [-0.39, 0.29) is 16.4 Å². The fraction of sp³-hybridized carbons (Fsp3) is 0.300. The molecule has 0 aliphatic carbocycles. The zero-order chi connectivity index (χ0) is 12.6. The number of carboxylic acid groups (broad SMARTS) is 1. The molecule has 7 heteroatoms. The van der Waals surface area contributed by atoms with Gasteiger partial charge in [-0.2, -0.15) is 0 Å². The molecule has 0 radical (unpaired) electrons. The summed E-state index contributed by atoms with van der Waals surface area (Å²) in [5.74, 6) is -1.22. The van der Waals surface area contributed by atoms with Crippen LogP contribution in [0.3, 0.4) is 0 Å². The van der Waals surface area contributed by atoms with Gasteiger partial charge in [-0.3, -0.25) is 0 Å². The Bertz CT molecular complexity index is 516. The molecule has 0 amide bonds. The van der Waals surface area contributed by atoms with E-state index in [1.165, 1.54) is 6.07 Å². The van der Waals surface area contributed by atoms with Crippen LogP contribution in [0.5, 0.6) is 0 Å². The third kappa shape index (κ3) is 2.16. The minimum atomic E-state index is -1.22. The van der Waals surface area contributed by atoms with E-state index >= 15 is 0 Å². The summed E-state index contributed by atoms with van der Waals surface area (Å²) < 4.78 is 0. The van der Waals surface area contributed by atoms with Crippen molar-refractivity contribution in [2.24, 2.45) is 5.16 Å². The molecule has 1 unspecified atom stereocenters. The van der Waals surface area contributed by atoms with Gasteiger partial charge in [0, 0.05) is 6.42 Å². The average molecular weight is 256 g/mol. The second-order valence-electron chi connectivity index (χ2n) is 3.73. The largest absolute Gasteiger partial charge is 0.476 e. The first-order valence-corrected chi connectivity index (χ1v) is 5.25. The summed E-state index contributed by atoms with van der Waals surface area (Å²) in [5.41, 5.74) is 6.78. The molecular formula is C10H10ClN3O3. The number of aromatic nitrogens is 1. The number of nitrogens with zero attached hydrogens (tertiary/aromatic N) is 2. The van der Waals surface area contributed by atoms with Crippen LogP contribution in [0.15, 0.2) is 11.2 Å². The summed E-state index contributed by atoms with van der Waals surface area (Å²) in [6, 6.07) is 1.51. The van der Waals surface area contributed by atoms with E-state index in [0.29, 0.717) is 12.1 Å². The molecule has 1 aromatic rings. The van der Waals surface area contributed by atoms with Crippen LogP contribution >= 0.6 is 11.6 Å². The standard InChI is InChI=1S/C10H10ClN3O3/c1-4-2-7(17-14-4)6-3-5(12)8(11)9(13-6)10(15)16/h3,7H,2H2,1H3,(H2,12,13)(H,15,16). The first kappa shape index (κ1) is 11.7. The zero-order valence-corrected chi connectivity index (χ0v) is 9.73.